The maximum atomic E-state index is 13.3. The minimum atomic E-state index is -0.341. The first-order valence-electron chi connectivity index (χ1n) is 5.21. The Morgan fingerprint density at radius 3 is 2.83 bits per heavy atom. The van der Waals surface area contributed by atoms with E-state index in [9.17, 15) is 4.39 Å². The second-order valence-corrected chi connectivity index (χ2v) is 4.74. The van der Waals surface area contributed by atoms with Crippen LogP contribution >= 0.6 is 15.9 Å². The lowest BCUT2D eigenvalue weighted by Crippen LogP contribution is -1.92. The van der Waals surface area contributed by atoms with Gasteiger partial charge in [0.2, 0.25) is 0 Å². The minimum absolute atomic E-state index is 0.341. The average Bonchev–Trinajstić information content (AvgIpc) is 2.73. The van der Waals surface area contributed by atoms with E-state index in [1.54, 1.807) is 28.9 Å². The van der Waals surface area contributed by atoms with E-state index in [1.807, 2.05) is 0 Å². The van der Waals surface area contributed by atoms with E-state index in [0.29, 0.717) is 27.2 Å². The lowest BCUT2D eigenvalue weighted by atomic mass is 10.2. The van der Waals surface area contributed by atoms with E-state index in [0.717, 1.165) is 0 Å². The fraction of sp³-hybridized carbons (Fsp3) is 0. The first kappa shape index (κ1) is 11.2. The lowest BCUT2D eigenvalue weighted by Gasteiger charge is -1.96. The Hall–Kier alpha value is -1.95. The van der Waals surface area contributed by atoms with Gasteiger partial charge in [0.05, 0.1) is 5.69 Å². The number of fused-ring (bicyclic) bond motifs is 1. The van der Waals surface area contributed by atoms with Crippen molar-refractivity contribution in [2.45, 2.75) is 0 Å². The van der Waals surface area contributed by atoms with Crippen LogP contribution in [0.2, 0.25) is 0 Å². The van der Waals surface area contributed by atoms with Gasteiger partial charge in [0.1, 0.15) is 5.82 Å². The number of hydrogen-bond donors (Lipinski definition) is 1. The van der Waals surface area contributed by atoms with E-state index in [1.165, 1.54) is 12.1 Å². The van der Waals surface area contributed by atoms with E-state index in [-0.39, 0.29) is 5.82 Å². The molecule has 90 valence electrons. The van der Waals surface area contributed by atoms with Crippen LogP contribution in [-0.2, 0) is 0 Å². The molecular weight excluding hydrogens is 299 g/mol. The molecule has 0 aliphatic heterocycles. The largest absolute Gasteiger partial charge is 0.396 e. The lowest BCUT2D eigenvalue weighted by molar-refractivity contribution is 0.627. The summed E-state index contributed by atoms with van der Waals surface area (Å²) in [5, 5.41) is 4.26. The number of pyridine rings is 1. The Balaban J connectivity index is 2.22. The molecule has 0 bridgehead atoms. The van der Waals surface area contributed by atoms with Gasteiger partial charge in [-0.1, -0.05) is 15.9 Å². The first-order valence-corrected chi connectivity index (χ1v) is 6.00. The SMILES string of the molecule is Nc1cccn2nc(-c3cc(F)cc(Br)c3)nc12. The minimum Gasteiger partial charge on any atom is -0.396 e. The van der Waals surface area contributed by atoms with E-state index >= 15 is 0 Å². The van der Waals surface area contributed by atoms with E-state index < -0.39 is 0 Å². The Kier molecular flexibility index (Phi) is 2.52. The van der Waals surface area contributed by atoms with Crippen LogP contribution in [0.4, 0.5) is 10.1 Å². The molecule has 0 fully saturated rings. The van der Waals surface area contributed by atoms with Gasteiger partial charge in [-0.15, -0.1) is 5.10 Å². The zero-order chi connectivity index (χ0) is 12.7. The Morgan fingerprint density at radius 2 is 2.11 bits per heavy atom. The number of benzene rings is 1. The molecule has 2 heterocycles. The summed E-state index contributed by atoms with van der Waals surface area (Å²) in [6.07, 6.45) is 1.75. The summed E-state index contributed by atoms with van der Waals surface area (Å²) in [6, 6.07) is 8.05. The molecule has 1 aromatic carbocycles. The smallest absolute Gasteiger partial charge is 0.182 e. The summed E-state index contributed by atoms with van der Waals surface area (Å²) < 4.78 is 15.5. The van der Waals surface area contributed by atoms with Gasteiger partial charge in [-0.2, -0.15) is 0 Å². The van der Waals surface area contributed by atoms with Crippen molar-refractivity contribution in [2.24, 2.45) is 0 Å². The molecule has 6 heteroatoms. The molecule has 4 nitrogen and oxygen atoms in total. The number of anilines is 1. The van der Waals surface area contributed by atoms with Crippen LogP contribution in [0, 0.1) is 5.82 Å². The molecule has 2 N–H and O–H groups in total. The number of nitrogens with two attached hydrogens (primary N) is 1. The van der Waals surface area contributed by atoms with Crippen LogP contribution < -0.4 is 5.73 Å². The molecular formula is C12H8BrFN4. The number of hydrogen-bond acceptors (Lipinski definition) is 3. The highest BCUT2D eigenvalue weighted by molar-refractivity contribution is 9.10. The monoisotopic (exact) mass is 306 g/mol. The molecule has 3 rings (SSSR count). The van der Waals surface area contributed by atoms with Gasteiger partial charge in [0.25, 0.3) is 0 Å². The van der Waals surface area contributed by atoms with Gasteiger partial charge >= 0.3 is 0 Å². The van der Waals surface area contributed by atoms with Crippen molar-refractivity contribution < 1.29 is 4.39 Å². The molecule has 0 saturated carbocycles. The van der Waals surface area contributed by atoms with Crippen molar-refractivity contribution in [3.63, 3.8) is 0 Å². The van der Waals surface area contributed by atoms with Crippen LogP contribution in [-0.4, -0.2) is 14.6 Å². The van der Waals surface area contributed by atoms with Gasteiger partial charge < -0.3 is 5.73 Å². The number of nitrogen functional groups attached to an aromatic ring is 1. The maximum Gasteiger partial charge on any atom is 0.182 e. The summed E-state index contributed by atoms with van der Waals surface area (Å²) in [4.78, 5) is 4.30. The summed E-state index contributed by atoms with van der Waals surface area (Å²) in [6.45, 7) is 0. The Labute approximate surface area is 110 Å². The number of aromatic nitrogens is 3. The van der Waals surface area contributed by atoms with Crippen LogP contribution in [0.5, 0.6) is 0 Å². The molecule has 0 unspecified atom stereocenters. The predicted molar refractivity (Wildman–Crippen MR) is 70.5 cm³/mol. The fourth-order valence-corrected chi connectivity index (χ4v) is 2.20. The van der Waals surface area contributed by atoms with Crippen LogP contribution in [0.1, 0.15) is 0 Å². The highest BCUT2D eigenvalue weighted by Crippen LogP contribution is 2.23. The number of nitrogens with zero attached hydrogens (tertiary/aromatic N) is 3. The Morgan fingerprint density at radius 1 is 1.28 bits per heavy atom. The van der Waals surface area contributed by atoms with Gasteiger partial charge in [0.15, 0.2) is 11.5 Å². The van der Waals surface area contributed by atoms with Crippen molar-refractivity contribution >= 4 is 27.3 Å². The fourth-order valence-electron chi connectivity index (χ4n) is 1.73. The zero-order valence-corrected chi connectivity index (χ0v) is 10.7. The number of rotatable bonds is 1. The van der Waals surface area contributed by atoms with Gasteiger partial charge in [-0.3, -0.25) is 0 Å². The molecule has 0 aliphatic rings. The third kappa shape index (κ3) is 1.84. The quantitative estimate of drug-likeness (QED) is 0.752. The molecule has 0 radical (unpaired) electrons. The van der Waals surface area contributed by atoms with Crippen molar-refractivity contribution in [3.8, 4) is 11.4 Å². The molecule has 0 atom stereocenters. The van der Waals surface area contributed by atoms with Gasteiger partial charge in [-0.05, 0) is 30.3 Å². The summed E-state index contributed by atoms with van der Waals surface area (Å²) in [7, 11) is 0. The van der Waals surface area contributed by atoms with E-state index in [2.05, 4.69) is 26.0 Å². The summed E-state index contributed by atoms with van der Waals surface area (Å²) in [5.41, 5.74) is 7.50. The third-order valence-electron chi connectivity index (χ3n) is 2.51. The van der Waals surface area contributed by atoms with Crippen LogP contribution in [0.3, 0.4) is 0 Å². The van der Waals surface area contributed by atoms with Crippen molar-refractivity contribution in [3.05, 3.63) is 46.8 Å². The zero-order valence-electron chi connectivity index (χ0n) is 9.14. The normalized spacial score (nSPS) is 11.0. The molecule has 0 spiro atoms. The summed E-state index contributed by atoms with van der Waals surface area (Å²) >= 11 is 3.24. The van der Waals surface area contributed by atoms with Crippen LogP contribution in [0.15, 0.2) is 41.0 Å². The second-order valence-electron chi connectivity index (χ2n) is 3.83. The highest BCUT2D eigenvalue weighted by atomic mass is 79.9. The van der Waals surface area contributed by atoms with Gasteiger partial charge in [-0.25, -0.2) is 13.9 Å². The standard InChI is InChI=1S/C12H8BrFN4/c13-8-4-7(5-9(14)6-8)11-16-12-10(15)2-1-3-18(12)17-11/h1-6H,15H2. The molecule has 0 amide bonds. The molecule has 0 aliphatic carbocycles. The second kappa shape index (κ2) is 4.06. The van der Waals surface area contributed by atoms with Crippen molar-refractivity contribution in [1.82, 2.24) is 14.6 Å². The van der Waals surface area contributed by atoms with Gasteiger partial charge in [0, 0.05) is 16.2 Å². The predicted octanol–water partition coefficient (Wildman–Crippen LogP) is 2.88. The molecule has 3 aromatic rings. The number of halogens is 2. The molecule has 0 saturated heterocycles. The molecule has 18 heavy (non-hydrogen) atoms. The van der Waals surface area contributed by atoms with Crippen molar-refractivity contribution in [2.75, 3.05) is 5.73 Å². The Bertz CT molecular complexity index is 718. The highest BCUT2D eigenvalue weighted by Gasteiger charge is 2.09. The molecule has 2 aromatic heterocycles. The average molecular weight is 307 g/mol. The third-order valence-corrected chi connectivity index (χ3v) is 2.97. The summed E-state index contributed by atoms with van der Waals surface area (Å²) in [5.74, 6) is 0.0966. The maximum absolute atomic E-state index is 13.3. The van der Waals surface area contributed by atoms with E-state index in [4.69, 9.17) is 5.73 Å². The van der Waals surface area contributed by atoms with Crippen LogP contribution in [0.25, 0.3) is 17.0 Å². The van der Waals surface area contributed by atoms with Crippen molar-refractivity contribution in [1.29, 1.82) is 0 Å². The first-order chi connectivity index (χ1) is 8.63. The topological polar surface area (TPSA) is 56.2 Å².